The van der Waals surface area contributed by atoms with E-state index in [-0.39, 0.29) is 5.91 Å². The Labute approximate surface area is 109 Å². The lowest BCUT2D eigenvalue weighted by atomic mass is 10.00. The highest BCUT2D eigenvalue weighted by Gasteiger charge is 2.17. The molecule has 0 saturated carbocycles. The lowest BCUT2D eigenvalue weighted by molar-refractivity contribution is -0.123. The zero-order chi connectivity index (χ0) is 12.7. The third-order valence-corrected chi connectivity index (χ3v) is 2.49. The maximum absolute atomic E-state index is 11.7. The summed E-state index contributed by atoms with van der Waals surface area (Å²) in [6.45, 7) is 3.95. The third kappa shape index (κ3) is 4.83. The number of nitriles is 1. The van der Waals surface area contributed by atoms with E-state index >= 15 is 0 Å². The molecule has 1 unspecified atom stereocenters. The summed E-state index contributed by atoms with van der Waals surface area (Å²) in [5, 5.41) is 11.6. The molecule has 1 amide bonds. The van der Waals surface area contributed by atoms with Crippen molar-refractivity contribution < 1.29 is 4.79 Å². The fourth-order valence-corrected chi connectivity index (χ4v) is 1.49. The smallest absolute Gasteiger partial charge is 0.237 e. The van der Waals surface area contributed by atoms with Crippen LogP contribution < -0.4 is 5.32 Å². The molecule has 1 atom stereocenters. The van der Waals surface area contributed by atoms with Gasteiger partial charge in [-0.15, -0.1) is 0 Å². The average Bonchev–Trinajstić information content (AvgIpc) is 2.34. The second-order valence-electron chi connectivity index (χ2n) is 3.61. The number of halogens is 1. The van der Waals surface area contributed by atoms with Crippen LogP contribution in [0.3, 0.4) is 0 Å². The van der Waals surface area contributed by atoms with Gasteiger partial charge < -0.3 is 5.32 Å². The predicted octanol–water partition coefficient (Wildman–Crippen LogP) is 2.39. The molecular weight excluding hydrogens is 280 g/mol. The van der Waals surface area contributed by atoms with Gasteiger partial charge in [0.05, 0.1) is 6.07 Å². The standard InChI is InChI=1S/C13H13BrN2O/c1-10(14)9-16-13(17)12(8-15)7-11-5-3-2-4-6-11/h2-6,12H,1,7,9H2,(H,16,17). The van der Waals surface area contributed by atoms with E-state index in [4.69, 9.17) is 5.26 Å². The molecule has 1 rings (SSSR count). The van der Waals surface area contributed by atoms with Gasteiger partial charge in [0.25, 0.3) is 0 Å². The molecule has 0 aliphatic rings. The van der Waals surface area contributed by atoms with Crippen molar-refractivity contribution in [1.29, 1.82) is 5.26 Å². The summed E-state index contributed by atoms with van der Waals surface area (Å²) in [5.41, 5.74) is 0.979. The number of hydrogen-bond acceptors (Lipinski definition) is 2. The van der Waals surface area contributed by atoms with Gasteiger partial charge in [0.2, 0.25) is 5.91 Å². The summed E-state index contributed by atoms with van der Waals surface area (Å²) in [6, 6.07) is 11.5. The number of carbonyl (C=O) groups excluding carboxylic acids is 1. The van der Waals surface area contributed by atoms with Gasteiger partial charge in [0, 0.05) is 11.0 Å². The number of nitrogens with one attached hydrogen (secondary N) is 1. The first-order chi connectivity index (χ1) is 8.13. The van der Waals surface area contributed by atoms with E-state index in [1.807, 2.05) is 36.4 Å². The Bertz CT molecular complexity index is 436. The van der Waals surface area contributed by atoms with Gasteiger partial charge in [-0.05, 0) is 12.0 Å². The van der Waals surface area contributed by atoms with Crippen LogP contribution in [0.5, 0.6) is 0 Å². The van der Waals surface area contributed by atoms with E-state index in [1.165, 1.54) is 0 Å². The predicted molar refractivity (Wildman–Crippen MR) is 70.3 cm³/mol. The van der Waals surface area contributed by atoms with Crippen LogP contribution in [0.15, 0.2) is 41.4 Å². The van der Waals surface area contributed by atoms with Gasteiger partial charge in [-0.2, -0.15) is 5.26 Å². The molecule has 0 aromatic heterocycles. The molecule has 0 aliphatic carbocycles. The minimum atomic E-state index is -0.663. The molecule has 88 valence electrons. The SMILES string of the molecule is C=C(Br)CNC(=O)C(C#N)Cc1ccccc1. The van der Waals surface area contributed by atoms with Crippen LogP contribution in [-0.4, -0.2) is 12.5 Å². The van der Waals surface area contributed by atoms with Gasteiger partial charge in [-0.3, -0.25) is 4.79 Å². The van der Waals surface area contributed by atoms with E-state index in [9.17, 15) is 4.79 Å². The summed E-state index contributed by atoms with van der Waals surface area (Å²) in [7, 11) is 0. The monoisotopic (exact) mass is 292 g/mol. The summed E-state index contributed by atoms with van der Waals surface area (Å²) < 4.78 is 0.683. The van der Waals surface area contributed by atoms with E-state index in [0.717, 1.165) is 5.56 Å². The Morgan fingerprint density at radius 2 is 2.12 bits per heavy atom. The fraction of sp³-hybridized carbons (Fsp3) is 0.231. The lowest BCUT2D eigenvalue weighted by Crippen LogP contribution is -2.31. The second kappa shape index (κ2) is 6.87. The molecule has 0 bridgehead atoms. The van der Waals surface area contributed by atoms with Crippen LogP contribution in [0.25, 0.3) is 0 Å². The molecular formula is C13H13BrN2O. The number of amides is 1. The minimum Gasteiger partial charge on any atom is -0.350 e. The van der Waals surface area contributed by atoms with E-state index in [2.05, 4.69) is 27.8 Å². The molecule has 0 aliphatic heterocycles. The van der Waals surface area contributed by atoms with Crippen molar-refractivity contribution in [2.24, 2.45) is 5.92 Å². The van der Waals surface area contributed by atoms with Gasteiger partial charge in [0.15, 0.2) is 0 Å². The van der Waals surface area contributed by atoms with Crippen LogP contribution in [0.2, 0.25) is 0 Å². The highest BCUT2D eigenvalue weighted by atomic mass is 79.9. The second-order valence-corrected chi connectivity index (χ2v) is 4.73. The number of hydrogen-bond donors (Lipinski definition) is 1. The van der Waals surface area contributed by atoms with Crippen LogP contribution in [0, 0.1) is 17.2 Å². The molecule has 1 aromatic rings. The Balaban J connectivity index is 2.57. The molecule has 0 saturated heterocycles. The maximum Gasteiger partial charge on any atom is 0.237 e. The zero-order valence-electron chi connectivity index (χ0n) is 9.32. The van der Waals surface area contributed by atoms with Gasteiger partial charge in [-0.25, -0.2) is 0 Å². The van der Waals surface area contributed by atoms with Crippen molar-refractivity contribution in [3.05, 3.63) is 47.0 Å². The Kier molecular flexibility index (Phi) is 5.44. The maximum atomic E-state index is 11.7. The summed E-state index contributed by atoms with van der Waals surface area (Å²) in [6.07, 6.45) is 0.429. The average molecular weight is 293 g/mol. The number of benzene rings is 1. The molecule has 17 heavy (non-hydrogen) atoms. The topological polar surface area (TPSA) is 52.9 Å². The molecule has 3 nitrogen and oxygen atoms in total. The van der Waals surface area contributed by atoms with Crippen molar-refractivity contribution in [1.82, 2.24) is 5.32 Å². The van der Waals surface area contributed by atoms with Crippen molar-refractivity contribution in [3.63, 3.8) is 0 Å². The molecule has 1 N–H and O–H groups in total. The number of nitrogens with zero attached hydrogens (tertiary/aromatic N) is 1. The Hall–Kier alpha value is -1.60. The highest BCUT2D eigenvalue weighted by Crippen LogP contribution is 2.08. The lowest BCUT2D eigenvalue weighted by Gasteiger charge is -2.09. The van der Waals surface area contributed by atoms with Crippen LogP contribution >= 0.6 is 15.9 Å². The zero-order valence-corrected chi connectivity index (χ0v) is 10.9. The molecule has 1 aromatic carbocycles. The van der Waals surface area contributed by atoms with Crippen molar-refractivity contribution in [2.75, 3.05) is 6.54 Å². The molecule has 0 radical (unpaired) electrons. The third-order valence-electron chi connectivity index (χ3n) is 2.21. The van der Waals surface area contributed by atoms with E-state index in [1.54, 1.807) is 0 Å². The van der Waals surface area contributed by atoms with E-state index in [0.29, 0.717) is 17.4 Å². The first-order valence-corrected chi connectivity index (χ1v) is 5.97. The molecule has 0 spiro atoms. The summed E-state index contributed by atoms with van der Waals surface area (Å²) in [5.74, 6) is -0.929. The largest absolute Gasteiger partial charge is 0.350 e. The first kappa shape index (κ1) is 13.5. The fourth-order valence-electron chi connectivity index (χ4n) is 1.35. The van der Waals surface area contributed by atoms with Gasteiger partial charge in [-0.1, -0.05) is 52.8 Å². The number of carbonyl (C=O) groups is 1. The molecule has 0 heterocycles. The highest BCUT2D eigenvalue weighted by molar-refractivity contribution is 9.11. The summed E-state index contributed by atoms with van der Waals surface area (Å²) in [4.78, 5) is 11.7. The van der Waals surface area contributed by atoms with Gasteiger partial charge in [0.1, 0.15) is 5.92 Å². The molecule has 4 heteroatoms. The summed E-state index contributed by atoms with van der Waals surface area (Å²) >= 11 is 3.15. The quantitative estimate of drug-likeness (QED) is 0.906. The van der Waals surface area contributed by atoms with Crippen LogP contribution in [0.4, 0.5) is 0 Å². The first-order valence-electron chi connectivity index (χ1n) is 5.18. The van der Waals surface area contributed by atoms with E-state index < -0.39 is 5.92 Å². The normalized spacial score (nSPS) is 11.3. The number of rotatable bonds is 5. The van der Waals surface area contributed by atoms with Crippen LogP contribution in [0.1, 0.15) is 5.56 Å². The van der Waals surface area contributed by atoms with Gasteiger partial charge >= 0.3 is 0 Å². The van der Waals surface area contributed by atoms with Crippen molar-refractivity contribution >= 4 is 21.8 Å². The van der Waals surface area contributed by atoms with Crippen molar-refractivity contribution in [3.8, 4) is 6.07 Å². The van der Waals surface area contributed by atoms with Crippen molar-refractivity contribution in [2.45, 2.75) is 6.42 Å². The minimum absolute atomic E-state index is 0.267. The Morgan fingerprint density at radius 1 is 1.47 bits per heavy atom. The van der Waals surface area contributed by atoms with Crippen LogP contribution in [-0.2, 0) is 11.2 Å². The molecule has 0 fully saturated rings. The Morgan fingerprint density at radius 3 is 2.65 bits per heavy atom.